The normalized spacial score (nSPS) is 19.4. The predicted molar refractivity (Wildman–Crippen MR) is 119 cm³/mol. The highest BCUT2D eigenvalue weighted by atomic mass is 19.1. The number of benzene rings is 1. The molecule has 1 aliphatic rings. The highest BCUT2D eigenvalue weighted by molar-refractivity contribution is 5.98. The smallest absolute Gasteiger partial charge is 0.259 e. The van der Waals surface area contributed by atoms with E-state index in [4.69, 9.17) is 4.74 Å². The molecule has 3 atom stereocenters. The third-order valence-electron chi connectivity index (χ3n) is 5.89. The van der Waals surface area contributed by atoms with Crippen LogP contribution in [0.25, 0.3) is 11.1 Å². The van der Waals surface area contributed by atoms with Gasteiger partial charge in [0.15, 0.2) is 0 Å². The van der Waals surface area contributed by atoms with Crippen LogP contribution < -0.4 is 4.74 Å². The van der Waals surface area contributed by atoms with Gasteiger partial charge in [0.25, 0.3) is 5.91 Å². The fraction of sp³-hybridized carbons (Fsp3) is 0.458. The molecule has 0 saturated heterocycles. The Morgan fingerprint density at radius 3 is 2.75 bits per heavy atom. The third kappa shape index (κ3) is 4.91. The number of nitrogens with zero attached hydrogens (tertiary/aromatic N) is 3. The van der Waals surface area contributed by atoms with Crippen molar-refractivity contribution in [3.63, 3.8) is 0 Å². The molecule has 0 fully saturated rings. The maximum absolute atomic E-state index is 14.4. The molecule has 0 radical (unpaired) electrons. The maximum atomic E-state index is 14.4. The number of aromatic nitrogens is 1. The van der Waals surface area contributed by atoms with Crippen molar-refractivity contribution in [2.45, 2.75) is 39.3 Å². The number of fused-ring (bicyclic) bond motifs is 1. The summed E-state index contributed by atoms with van der Waals surface area (Å²) in [5, 5.41) is 9.74. The Morgan fingerprint density at radius 1 is 1.38 bits per heavy atom. The van der Waals surface area contributed by atoms with Gasteiger partial charge >= 0.3 is 0 Å². The van der Waals surface area contributed by atoms with E-state index in [1.807, 2.05) is 6.92 Å². The zero-order valence-corrected chi connectivity index (χ0v) is 18.9. The molecule has 3 rings (SSSR count). The zero-order valence-electron chi connectivity index (χ0n) is 18.9. The molecule has 2 aromatic rings. The van der Waals surface area contributed by atoms with Gasteiger partial charge in [0.2, 0.25) is 11.8 Å². The van der Waals surface area contributed by atoms with Crippen LogP contribution in [0.15, 0.2) is 36.5 Å². The highest BCUT2D eigenvalue weighted by Gasteiger charge is 2.34. The molecule has 0 spiro atoms. The van der Waals surface area contributed by atoms with Gasteiger partial charge in [-0.1, -0.05) is 32.0 Å². The molecule has 8 heteroatoms. The largest absolute Gasteiger partial charge is 0.472 e. The predicted octanol–water partition coefficient (Wildman–Crippen LogP) is 2.98. The number of pyridine rings is 1. The molecule has 0 bridgehead atoms. The average Bonchev–Trinajstić information content (AvgIpc) is 2.80. The van der Waals surface area contributed by atoms with Crippen molar-refractivity contribution in [2.75, 3.05) is 26.7 Å². The van der Waals surface area contributed by atoms with E-state index in [2.05, 4.69) is 4.98 Å². The number of hydrogen-bond acceptors (Lipinski definition) is 5. The van der Waals surface area contributed by atoms with E-state index in [9.17, 15) is 19.1 Å². The highest BCUT2D eigenvalue weighted by Crippen LogP contribution is 2.31. The number of amides is 2. The van der Waals surface area contributed by atoms with Gasteiger partial charge in [-0.05, 0) is 19.1 Å². The van der Waals surface area contributed by atoms with Crippen LogP contribution in [0.5, 0.6) is 5.88 Å². The second-order valence-electron chi connectivity index (χ2n) is 8.31. The fourth-order valence-corrected chi connectivity index (χ4v) is 3.80. The minimum atomic E-state index is -0.427. The van der Waals surface area contributed by atoms with E-state index in [1.165, 1.54) is 12.3 Å². The van der Waals surface area contributed by atoms with E-state index >= 15 is 0 Å². The fourth-order valence-electron chi connectivity index (χ4n) is 3.80. The van der Waals surface area contributed by atoms with Gasteiger partial charge in [0, 0.05) is 43.3 Å². The molecule has 32 heavy (non-hydrogen) atoms. The molecule has 172 valence electrons. The molecule has 1 aromatic carbocycles. The summed E-state index contributed by atoms with van der Waals surface area (Å²) in [6.45, 7) is 5.97. The van der Waals surface area contributed by atoms with Crippen LogP contribution in [0.2, 0.25) is 0 Å². The van der Waals surface area contributed by atoms with Gasteiger partial charge in [-0.15, -0.1) is 0 Å². The monoisotopic (exact) mass is 443 g/mol. The van der Waals surface area contributed by atoms with Crippen molar-refractivity contribution in [1.29, 1.82) is 0 Å². The molecule has 2 heterocycles. The van der Waals surface area contributed by atoms with Crippen molar-refractivity contribution in [3.8, 4) is 17.0 Å². The summed E-state index contributed by atoms with van der Waals surface area (Å²) < 4.78 is 20.5. The number of aliphatic hydroxyl groups excluding tert-OH is 1. The molecule has 0 saturated carbocycles. The summed E-state index contributed by atoms with van der Waals surface area (Å²) in [5.41, 5.74) is 0.990. The number of hydrogen-bond donors (Lipinski definition) is 1. The van der Waals surface area contributed by atoms with Crippen molar-refractivity contribution in [1.82, 2.24) is 14.8 Å². The Hall–Kier alpha value is -3.00. The molecular formula is C24H30FN3O4. The number of ether oxygens (including phenoxy) is 1. The molecule has 7 nitrogen and oxygen atoms in total. The summed E-state index contributed by atoms with van der Waals surface area (Å²) in [7, 11) is 1.72. The first-order valence-corrected chi connectivity index (χ1v) is 10.8. The van der Waals surface area contributed by atoms with Crippen molar-refractivity contribution in [3.05, 3.63) is 47.9 Å². The van der Waals surface area contributed by atoms with Crippen molar-refractivity contribution < 1.29 is 23.8 Å². The first-order valence-electron chi connectivity index (χ1n) is 10.8. The van der Waals surface area contributed by atoms with E-state index in [1.54, 1.807) is 55.0 Å². The Morgan fingerprint density at radius 2 is 2.09 bits per heavy atom. The van der Waals surface area contributed by atoms with Crippen LogP contribution in [0.3, 0.4) is 0 Å². The van der Waals surface area contributed by atoms with Gasteiger partial charge in [-0.3, -0.25) is 9.59 Å². The number of rotatable bonds is 6. The summed E-state index contributed by atoms with van der Waals surface area (Å²) in [5.74, 6) is -0.751. The third-order valence-corrected chi connectivity index (χ3v) is 5.89. The summed E-state index contributed by atoms with van der Waals surface area (Å²) in [4.78, 5) is 33.1. The van der Waals surface area contributed by atoms with Crippen LogP contribution in [0.1, 0.15) is 37.6 Å². The van der Waals surface area contributed by atoms with Crippen LogP contribution in [-0.2, 0) is 4.79 Å². The lowest BCUT2D eigenvalue weighted by Crippen LogP contribution is -2.50. The minimum Gasteiger partial charge on any atom is -0.472 e. The SMILES string of the molecule is CCC(=O)N(C)C[C@@H]1Oc2ncc(-c3ccccc3F)cc2C(=O)N([C@H](C)CO)C[C@@H]1C. The lowest BCUT2D eigenvalue weighted by atomic mass is 9.99. The average molecular weight is 444 g/mol. The first kappa shape index (κ1) is 23.7. The maximum Gasteiger partial charge on any atom is 0.259 e. The van der Waals surface area contributed by atoms with E-state index in [0.717, 1.165) is 0 Å². The number of likely N-dealkylation sites (N-methyl/N-ethyl adjacent to an activating group) is 1. The molecule has 0 aliphatic carbocycles. The second kappa shape index (κ2) is 10.1. The second-order valence-corrected chi connectivity index (χ2v) is 8.31. The molecule has 1 aliphatic heterocycles. The standard InChI is InChI=1S/C24H30FN3O4/c1-5-22(30)27(4)13-21-15(2)12-28(16(3)14-29)24(31)19-10-17(11-26-23(19)32-21)18-8-6-7-9-20(18)25/h6-11,15-16,21,29H,5,12-14H2,1-4H3/t15-,16+,21-/m0/s1. The lowest BCUT2D eigenvalue weighted by Gasteiger charge is -2.37. The number of carbonyl (C=O) groups is 2. The summed E-state index contributed by atoms with van der Waals surface area (Å²) in [6.07, 6.45) is 1.45. The van der Waals surface area contributed by atoms with Crippen LogP contribution in [0, 0.1) is 11.7 Å². The number of aliphatic hydroxyl groups is 1. The minimum absolute atomic E-state index is 0.0115. The van der Waals surface area contributed by atoms with Gasteiger partial charge in [0.1, 0.15) is 17.5 Å². The van der Waals surface area contributed by atoms with Gasteiger partial charge in [0.05, 0.1) is 19.2 Å². The Labute approximate surface area is 187 Å². The van der Waals surface area contributed by atoms with Crippen LogP contribution in [-0.4, -0.2) is 70.6 Å². The topological polar surface area (TPSA) is 83.0 Å². The van der Waals surface area contributed by atoms with Gasteiger partial charge in [-0.2, -0.15) is 0 Å². The lowest BCUT2D eigenvalue weighted by molar-refractivity contribution is -0.131. The van der Waals surface area contributed by atoms with E-state index in [0.29, 0.717) is 30.6 Å². The Kier molecular flexibility index (Phi) is 7.45. The zero-order chi connectivity index (χ0) is 23.4. The van der Waals surface area contributed by atoms with E-state index in [-0.39, 0.29) is 35.8 Å². The van der Waals surface area contributed by atoms with E-state index < -0.39 is 18.0 Å². The molecule has 1 aromatic heterocycles. The number of carbonyl (C=O) groups excluding carboxylic acids is 2. The quantitative estimate of drug-likeness (QED) is 0.742. The Balaban J connectivity index is 2.05. The first-order chi connectivity index (χ1) is 15.3. The molecular weight excluding hydrogens is 413 g/mol. The van der Waals surface area contributed by atoms with Gasteiger partial charge in [-0.25, -0.2) is 9.37 Å². The van der Waals surface area contributed by atoms with Crippen molar-refractivity contribution in [2.24, 2.45) is 5.92 Å². The van der Waals surface area contributed by atoms with Crippen LogP contribution >= 0.6 is 0 Å². The number of halogens is 1. The van der Waals surface area contributed by atoms with Crippen LogP contribution in [0.4, 0.5) is 4.39 Å². The summed E-state index contributed by atoms with van der Waals surface area (Å²) >= 11 is 0. The molecule has 2 amide bonds. The molecule has 1 N–H and O–H groups in total. The Bertz CT molecular complexity index is 983. The summed E-state index contributed by atoms with van der Waals surface area (Å²) in [6, 6.07) is 7.43. The van der Waals surface area contributed by atoms with Crippen molar-refractivity contribution >= 4 is 11.8 Å². The van der Waals surface area contributed by atoms with Gasteiger partial charge < -0.3 is 19.6 Å². The molecule has 0 unspecified atom stereocenters.